The van der Waals surface area contributed by atoms with Crippen LogP contribution >= 0.6 is 0 Å². The van der Waals surface area contributed by atoms with Gasteiger partial charge in [-0.2, -0.15) is 13.2 Å². The smallest absolute Gasteiger partial charge is 0.416 e. The summed E-state index contributed by atoms with van der Waals surface area (Å²) in [5.41, 5.74) is 4.36. The quantitative estimate of drug-likeness (QED) is 0.236. The van der Waals surface area contributed by atoms with Gasteiger partial charge in [0.05, 0.1) is 35.0 Å². The number of rotatable bonds is 5. The van der Waals surface area contributed by atoms with Crippen LogP contribution in [-0.2, 0) is 6.18 Å². The molecule has 1 aromatic heterocycles. The minimum Gasteiger partial charge on any atom is -0.497 e. The van der Waals surface area contributed by atoms with E-state index in [0.29, 0.717) is 76.7 Å². The Labute approximate surface area is 239 Å². The van der Waals surface area contributed by atoms with E-state index in [1.54, 1.807) is 19.2 Å². The molecule has 5 aromatic rings. The second kappa shape index (κ2) is 9.83. The van der Waals surface area contributed by atoms with E-state index in [2.05, 4.69) is 15.4 Å². The number of ketones is 1. The average Bonchev–Trinajstić information content (AvgIpc) is 3.46. The molecule has 2 heterocycles. The lowest BCUT2D eigenvalue weighted by Crippen LogP contribution is -2.46. The fourth-order valence-corrected chi connectivity index (χ4v) is 5.80. The van der Waals surface area contributed by atoms with E-state index < -0.39 is 11.7 Å². The van der Waals surface area contributed by atoms with Crippen molar-refractivity contribution in [3.05, 3.63) is 95.6 Å². The molecule has 1 fully saturated rings. The van der Waals surface area contributed by atoms with E-state index >= 15 is 0 Å². The second-order valence-corrected chi connectivity index (χ2v) is 10.3. The number of piperazine rings is 1. The topological polar surface area (TPSA) is 70.8 Å². The van der Waals surface area contributed by atoms with Crippen molar-refractivity contribution < 1.29 is 27.2 Å². The van der Waals surface area contributed by atoms with Gasteiger partial charge in [0.2, 0.25) is 0 Å². The molecule has 4 aromatic carbocycles. The summed E-state index contributed by atoms with van der Waals surface area (Å²) in [4.78, 5) is 17.9. The maximum atomic E-state index is 13.9. The molecular weight excluding hydrogens is 545 g/mol. The lowest BCUT2D eigenvalue weighted by molar-refractivity contribution is -0.137. The monoisotopic (exact) mass is 570 g/mol. The Balaban J connectivity index is 1.28. The van der Waals surface area contributed by atoms with E-state index in [9.17, 15) is 18.0 Å². The predicted molar refractivity (Wildman–Crippen MR) is 155 cm³/mol. The molecule has 212 valence electrons. The average molecular weight is 571 g/mol. The number of anilines is 4. The summed E-state index contributed by atoms with van der Waals surface area (Å²) in [6.45, 7) is 2.11. The zero-order valence-corrected chi connectivity index (χ0v) is 22.5. The lowest BCUT2D eigenvalue weighted by atomic mass is 9.86. The molecule has 7 rings (SSSR count). The summed E-state index contributed by atoms with van der Waals surface area (Å²) < 4.78 is 51.1. The number of benzene rings is 4. The van der Waals surface area contributed by atoms with Gasteiger partial charge in [-0.3, -0.25) is 4.79 Å². The molecule has 0 spiro atoms. The van der Waals surface area contributed by atoms with Crippen LogP contribution in [0.2, 0.25) is 0 Å². The number of hydrogen-bond donors (Lipinski definition) is 1. The first-order valence-electron chi connectivity index (χ1n) is 13.5. The lowest BCUT2D eigenvalue weighted by Gasteiger charge is -2.38. The van der Waals surface area contributed by atoms with E-state index in [-0.39, 0.29) is 5.78 Å². The van der Waals surface area contributed by atoms with Crippen LogP contribution in [0.5, 0.6) is 5.75 Å². The van der Waals surface area contributed by atoms with Crippen LogP contribution in [0, 0.1) is 0 Å². The number of alkyl halides is 3. The van der Waals surface area contributed by atoms with Crippen LogP contribution in [0.4, 0.5) is 35.9 Å². The third kappa shape index (κ3) is 4.30. The maximum absolute atomic E-state index is 13.9. The molecule has 0 radical (unpaired) electrons. The van der Waals surface area contributed by atoms with E-state index in [4.69, 9.17) is 9.26 Å². The number of carbonyl (C=O) groups is 1. The van der Waals surface area contributed by atoms with Crippen LogP contribution in [-0.4, -0.2) is 44.2 Å². The van der Waals surface area contributed by atoms with Crippen LogP contribution in [0.15, 0.2) is 83.4 Å². The van der Waals surface area contributed by atoms with Crippen LogP contribution in [0.25, 0.3) is 22.2 Å². The first-order chi connectivity index (χ1) is 20.3. The first-order valence-corrected chi connectivity index (χ1v) is 13.5. The SMILES string of the molecule is COc1ccc(Nc2cc(N3CCN(c4cccc(C(F)(F)F)c4)CC3)c3noc4c3c2C(=O)c2ccccc2-4)cc1. The molecule has 1 saturated heterocycles. The fourth-order valence-electron chi connectivity index (χ4n) is 5.80. The molecule has 7 nitrogen and oxygen atoms in total. The summed E-state index contributed by atoms with van der Waals surface area (Å²) in [5.74, 6) is 1.13. The van der Waals surface area contributed by atoms with Gasteiger partial charge >= 0.3 is 6.18 Å². The largest absolute Gasteiger partial charge is 0.497 e. The Morgan fingerprint density at radius 3 is 2.31 bits per heavy atom. The van der Waals surface area contributed by atoms with Gasteiger partial charge in [-0.05, 0) is 48.5 Å². The molecule has 0 amide bonds. The van der Waals surface area contributed by atoms with Gasteiger partial charge in [-0.15, -0.1) is 0 Å². The highest BCUT2D eigenvalue weighted by atomic mass is 19.4. The van der Waals surface area contributed by atoms with Crippen molar-refractivity contribution in [1.82, 2.24) is 5.16 Å². The molecule has 42 heavy (non-hydrogen) atoms. The van der Waals surface area contributed by atoms with Gasteiger partial charge in [0.15, 0.2) is 11.5 Å². The van der Waals surface area contributed by atoms with Gasteiger partial charge in [0, 0.05) is 48.7 Å². The molecule has 0 atom stereocenters. The number of ether oxygens (including phenoxy) is 1. The van der Waals surface area contributed by atoms with E-state index in [0.717, 1.165) is 17.4 Å². The fraction of sp³-hybridized carbons (Fsp3) is 0.188. The van der Waals surface area contributed by atoms with Crippen molar-refractivity contribution in [1.29, 1.82) is 0 Å². The number of hydrogen-bond acceptors (Lipinski definition) is 7. The first kappa shape index (κ1) is 25.9. The second-order valence-electron chi connectivity index (χ2n) is 10.3. The van der Waals surface area contributed by atoms with Crippen molar-refractivity contribution in [2.45, 2.75) is 6.18 Å². The summed E-state index contributed by atoms with van der Waals surface area (Å²) in [5, 5.41) is 8.50. The van der Waals surface area contributed by atoms with Gasteiger partial charge in [-0.1, -0.05) is 35.5 Å². The molecule has 1 aliphatic carbocycles. The molecule has 0 bridgehead atoms. The van der Waals surface area contributed by atoms with Crippen LogP contribution in [0.1, 0.15) is 21.5 Å². The van der Waals surface area contributed by atoms with Crippen molar-refractivity contribution in [3.8, 4) is 17.1 Å². The van der Waals surface area contributed by atoms with Gasteiger partial charge in [-0.25, -0.2) is 0 Å². The highest BCUT2D eigenvalue weighted by Crippen LogP contribution is 2.46. The molecule has 1 N–H and O–H groups in total. The van der Waals surface area contributed by atoms with Crippen molar-refractivity contribution in [2.24, 2.45) is 0 Å². The minimum atomic E-state index is -4.40. The van der Waals surface area contributed by atoms with Crippen molar-refractivity contribution in [2.75, 3.05) is 48.4 Å². The predicted octanol–water partition coefficient (Wildman–Crippen LogP) is 7.14. The van der Waals surface area contributed by atoms with Gasteiger partial charge in [0.25, 0.3) is 0 Å². The zero-order valence-electron chi connectivity index (χ0n) is 22.5. The number of methoxy groups -OCH3 is 1. The van der Waals surface area contributed by atoms with Crippen molar-refractivity contribution >= 4 is 39.4 Å². The summed E-state index contributed by atoms with van der Waals surface area (Å²) in [7, 11) is 1.60. The highest BCUT2D eigenvalue weighted by molar-refractivity contribution is 6.28. The normalized spacial score (nSPS) is 14.7. The Morgan fingerprint density at radius 1 is 0.881 bits per heavy atom. The van der Waals surface area contributed by atoms with Gasteiger partial charge < -0.3 is 24.4 Å². The minimum absolute atomic E-state index is 0.122. The number of carbonyl (C=O) groups excluding carboxylic acids is 1. The van der Waals surface area contributed by atoms with Crippen LogP contribution < -0.4 is 19.9 Å². The number of nitrogens with one attached hydrogen (secondary N) is 1. The Bertz CT molecular complexity index is 1820. The molecule has 1 aliphatic heterocycles. The van der Waals surface area contributed by atoms with Crippen molar-refractivity contribution in [3.63, 3.8) is 0 Å². The molecular formula is C32H25F3N4O3. The Kier molecular flexibility index (Phi) is 6.07. The number of halogens is 3. The number of fused-ring (bicyclic) bond motifs is 2. The summed E-state index contributed by atoms with van der Waals surface area (Å²) >= 11 is 0. The van der Waals surface area contributed by atoms with Gasteiger partial charge in [0.1, 0.15) is 11.3 Å². The highest BCUT2D eigenvalue weighted by Gasteiger charge is 2.35. The number of aromatic nitrogens is 1. The summed E-state index contributed by atoms with van der Waals surface area (Å²) in [6, 6.07) is 22.1. The van der Waals surface area contributed by atoms with E-state index in [1.807, 2.05) is 53.4 Å². The number of nitrogens with zero attached hydrogens (tertiary/aromatic N) is 3. The molecule has 10 heteroatoms. The van der Waals surface area contributed by atoms with Crippen LogP contribution in [0.3, 0.4) is 0 Å². The molecule has 2 aliphatic rings. The van der Waals surface area contributed by atoms with E-state index in [1.165, 1.54) is 12.1 Å². The Hall–Kier alpha value is -4.99. The summed E-state index contributed by atoms with van der Waals surface area (Å²) in [6.07, 6.45) is -4.40. The third-order valence-corrected chi connectivity index (χ3v) is 7.91. The maximum Gasteiger partial charge on any atom is 0.416 e. The third-order valence-electron chi connectivity index (χ3n) is 7.91. The Morgan fingerprint density at radius 2 is 1.60 bits per heavy atom. The molecule has 0 unspecified atom stereocenters. The standard InChI is InChI=1S/C32H25F3N4O3/c1-41-22-11-9-20(10-12-22)36-25-18-26(29-28-27(25)30(40)23-7-2-3-8-24(23)31(28)42-37-29)39-15-13-38(14-16-39)21-6-4-5-19(17-21)32(33,34)35/h2-12,17-18,36H,13-16H2,1H3. The zero-order chi connectivity index (χ0) is 29.0. The molecule has 0 saturated carbocycles.